The van der Waals surface area contributed by atoms with E-state index in [2.05, 4.69) is 6.58 Å². The lowest BCUT2D eigenvalue weighted by Gasteiger charge is -2.05. The van der Waals surface area contributed by atoms with Gasteiger partial charge in [-0.1, -0.05) is 18.2 Å². The van der Waals surface area contributed by atoms with E-state index in [1.54, 1.807) is 6.08 Å². The number of phenols is 1. The molecular weight excluding hydrogens is 316 g/mol. The third-order valence-electron chi connectivity index (χ3n) is 3.42. The summed E-state index contributed by atoms with van der Waals surface area (Å²) in [5.74, 6) is 0.835. The van der Waals surface area contributed by atoms with Crippen LogP contribution in [0.1, 0.15) is 24.8 Å². The van der Waals surface area contributed by atoms with Gasteiger partial charge in [0.25, 0.3) is 0 Å². The quantitative estimate of drug-likeness (QED) is 0.236. The van der Waals surface area contributed by atoms with E-state index in [-0.39, 0.29) is 5.75 Å². The lowest BCUT2D eigenvalue weighted by atomic mass is 10.2. The molecule has 4 heteroatoms. The van der Waals surface area contributed by atoms with Crippen LogP contribution in [0, 0.1) is 0 Å². The molecular formula is C21H22O4. The number of unbranched alkanes of at least 4 members (excludes halogenated alkanes) is 2. The van der Waals surface area contributed by atoms with Crippen LogP contribution in [-0.2, 0) is 4.79 Å². The molecule has 0 aliphatic heterocycles. The van der Waals surface area contributed by atoms with Crippen molar-refractivity contribution in [2.45, 2.75) is 19.3 Å². The number of esters is 1. The van der Waals surface area contributed by atoms with Gasteiger partial charge in [-0.25, -0.2) is 4.79 Å². The highest BCUT2D eigenvalue weighted by atomic mass is 16.5. The molecule has 0 aromatic heterocycles. The normalized spacial score (nSPS) is 10.6. The van der Waals surface area contributed by atoms with E-state index in [0.29, 0.717) is 12.4 Å². The highest BCUT2D eigenvalue weighted by molar-refractivity contribution is 5.88. The largest absolute Gasteiger partial charge is 0.508 e. The average Bonchev–Trinajstić information content (AvgIpc) is 2.63. The van der Waals surface area contributed by atoms with Crippen molar-refractivity contribution < 1.29 is 19.4 Å². The van der Waals surface area contributed by atoms with Crippen LogP contribution in [0.5, 0.6) is 17.2 Å². The van der Waals surface area contributed by atoms with Gasteiger partial charge in [0.15, 0.2) is 0 Å². The van der Waals surface area contributed by atoms with E-state index >= 15 is 0 Å². The monoisotopic (exact) mass is 338 g/mol. The van der Waals surface area contributed by atoms with Gasteiger partial charge in [-0.15, -0.1) is 6.58 Å². The molecule has 0 bridgehead atoms. The number of carbonyl (C=O) groups excluding carboxylic acids is 1. The maximum absolute atomic E-state index is 11.8. The highest BCUT2D eigenvalue weighted by Crippen LogP contribution is 2.17. The van der Waals surface area contributed by atoms with Crippen molar-refractivity contribution >= 4 is 12.0 Å². The SMILES string of the molecule is C=CCCCCOc1ccc(/C=C/C(=O)Oc2ccc(O)cc2)cc1. The summed E-state index contributed by atoms with van der Waals surface area (Å²) in [6, 6.07) is 13.5. The van der Waals surface area contributed by atoms with Crippen molar-refractivity contribution in [3.05, 3.63) is 72.8 Å². The van der Waals surface area contributed by atoms with E-state index in [0.717, 1.165) is 30.6 Å². The highest BCUT2D eigenvalue weighted by Gasteiger charge is 2.01. The Bertz CT molecular complexity index is 700. The molecule has 0 unspecified atom stereocenters. The van der Waals surface area contributed by atoms with Gasteiger partial charge in [-0.05, 0) is 67.3 Å². The Balaban J connectivity index is 1.79. The second kappa shape index (κ2) is 9.98. The summed E-state index contributed by atoms with van der Waals surface area (Å²) in [6.45, 7) is 4.38. The van der Waals surface area contributed by atoms with Gasteiger partial charge in [-0.3, -0.25) is 0 Å². The minimum absolute atomic E-state index is 0.123. The summed E-state index contributed by atoms with van der Waals surface area (Å²) < 4.78 is 10.8. The third-order valence-corrected chi connectivity index (χ3v) is 3.42. The predicted octanol–water partition coefficient (Wildman–Crippen LogP) is 4.75. The van der Waals surface area contributed by atoms with Gasteiger partial charge in [0, 0.05) is 6.08 Å². The van der Waals surface area contributed by atoms with Gasteiger partial charge in [0.1, 0.15) is 17.2 Å². The molecule has 2 rings (SSSR count). The van der Waals surface area contributed by atoms with Crippen molar-refractivity contribution in [3.63, 3.8) is 0 Å². The van der Waals surface area contributed by atoms with E-state index in [9.17, 15) is 9.90 Å². The van der Waals surface area contributed by atoms with Gasteiger partial charge < -0.3 is 14.6 Å². The minimum atomic E-state index is -0.478. The number of allylic oxidation sites excluding steroid dienone is 1. The van der Waals surface area contributed by atoms with Crippen molar-refractivity contribution in [1.29, 1.82) is 0 Å². The fourth-order valence-corrected chi connectivity index (χ4v) is 2.08. The lowest BCUT2D eigenvalue weighted by Crippen LogP contribution is -2.03. The molecule has 0 aliphatic rings. The maximum Gasteiger partial charge on any atom is 0.336 e. The molecule has 1 N–H and O–H groups in total. The fraction of sp³-hybridized carbons (Fsp3) is 0.190. The number of aromatic hydroxyl groups is 1. The van der Waals surface area contributed by atoms with Crippen LogP contribution >= 0.6 is 0 Å². The van der Waals surface area contributed by atoms with Gasteiger partial charge in [0.05, 0.1) is 6.61 Å². The molecule has 0 heterocycles. The Kier molecular flexibility index (Phi) is 7.32. The standard InChI is InChI=1S/C21H22O4/c1-2-3-4-5-16-24-19-11-6-17(7-12-19)8-15-21(23)25-20-13-9-18(22)10-14-20/h2,6-15,22H,1,3-5,16H2/b15-8+. The number of benzene rings is 2. The molecule has 0 atom stereocenters. The smallest absolute Gasteiger partial charge is 0.336 e. The Hall–Kier alpha value is -3.01. The van der Waals surface area contributed by atoms with E-state index in [1.807, 2.05) is 30.3 Å². The number of rotatable bonds is 9. The first-order valence-corrected chi connectivity index (χ1v) is 8.20. The third kappa shape index (κ3) is 6.96. The molecule has 0 amide bonds. The number of hydrogen-bond donors (Lipinski definition) is 1. The Morgan fingerprint density at radius 2 is 1.68 bits per heavy atom. The summed E-state index contributed by atoms with van der Waals surface area (Å²) in [7, 11) is 0. The molecule has 130 valence electrons. The number of phenolic OH excluding ortho intramolecular Hbond substituents is 1. The summed E-state index contributed by atoms with van der Waals surface area (Å²) in [5.41, 5.74) is 0.877. The van der Waals surface area contributed by atoms with Gasteiger partial charge in [0.2, 0.25) is 0 Å². The second-order valence-corrected chi connectivity index (χ2v) is 5.45. The van der Waals surface area contributed by atoms with E-state index in [1.165, 1.54) is 30.3 Å². The van der Waals surface area contributed by atoms with Crippen LogP contribution in [-0.4, -0.2) is 17.7 Å². The summed E-state index contributed by atoms with van der Waals surface area (Å²) >= 11 is 0. The van der Waals surface area contributed by atoms with Crippen molar-refractivity contribution in [2.75, 3.05) is 6.61 Å². The first-order valence-electron chi connectivity index (χ1n) is 8.20. The summed E-state index contributed by atoms with van der Waals surface area (Å²) in [4.78, 5) is 11.8. The van der Waals surface area contributed by atoms with E-state index in [4.69, 9.17) is 9.47 Å². The summed E-state index contributed by atoms with van der Waals surface area (Å²) in [5, 5.41) is 9.19. The van der Waals surface area contributed by atoms with Crippen LogP contribution < -0.4 is 9.47 Å². The zero-order valence-electron chi connectivity index (χ0n) is 14.1. The lowest BCUT2D eigenvalue weighted by molar-refractivity contribution is -0.128. The predicted molar refractivity (Wildman–Crippen MR) is 98.8 cm³/mol. The first-order chi connectivity index (χ1) is 12.2. The number of ether oxygens (including phenoxy) is 2. The fourth-order valence-electron chi connectivity index (χ4n) is 2.08. The Labute approximate surface area is 148 Å². The van der Waals surface area contributed by atoms with Gasteiger partial charge in [-0.2, -0.15) is 0 Å². The minimum Gasteiger partial charge on any atom is -0.508 e. The van der Waals surface area contributed by atoms with Crippen LogP contribution in [0.15, 0.2) is 67.3 Å². The van der Waals surface area contributed by atoms with Crippen molar-refractivity contribution in [2.24, 2.45) is 0 Å². The molecule has 0 saturated heterocycles. The van der Waals surface area contributed by atoms with Crippen LogP contribution in [0.3, 0.4) is 0 Å². The average molecular weight is 338 g/mol. The summed E-state index contributed by atoms with van der Waals surface area (Å²) in [6.07, 6.45) is 8.03. The first kappa shape index (κ1) is 18.3. The van der Waals surface area contributed by atoms with Crippen LogP contribution in [0.4, 0.5) is 0 Å². The molecule has 0 spiro atoms. The van der Waals surface area contributed by atoms with E-state index < -0.39 is 5.97 Å². The molecule has 0 saturated carbocycles. The maximum atomic E-state index is 11.8. The zero-order valence-corrected chi connectivity index (χ0v) is 14.1. The van der Waals surface area contributed by atoms with Crippen LogP contribution in [0.25, 0.3) is 6.08 Å². The molecule has 0 radical (unpaired) electrons. The number of hydrogen-bond acceptors (Lipinski definition) is 4. The Morgan fingerprint density at radius 3 is 2.36 bits per heavy atom. The van der Waals surface area contributed by atoms with Crippen molar-refractivity contribution in [3.8, 4) is 17.2 Å². The molecule has 2 aromatic carbocycles. The second-order valence-electron chi connectivity index (χ2n) is 5.45. The molecule has 0 fully saturated rings. The zero-order chi connectivity index (χ0) is 17.9. The molecule has 0 aliphatic carbocycles. The van der Waals surface area contributed by atoms with Crippen molar-refractivity contribution in [1.82, 2.24) is 0 Å². The molecule has 25 heavy (non-hydrogen) atoms. The molecule has 2 aromatic rings. The van der Waals surface area contributed by atoms with Crippen LogP contribution in [0.2, 0.25) is 0 Å². The molecule has 4 nitrogen and oxygen atoms in total. The number of carbonyl (C=O) groups is 1. The van der Waals surface area contributed by atoms with Gasteiger partial charge >= 0.3 is 5.97 Å². The Morgan fingerprint density at radius 1 is 1.00 bits per heavy atom. The topological polar surface area (TPSA) is 55.8 Å².